The van der Waals surface area contributed by atoms with E-state index in [1.807, 2.05) is 0 Å². The van der Waals surface area contributed by atoms with Crippen molar-refractivity contribution in [1.82, 2.24) is 4.90 Å². The maximum absolute atomic E-state index is 13.3. The van der Waals surface area contributed by atoms with Gasteiger partial charge in [0.05, 0.1) is 6.10 Å². The van der Waals surface area contributed by atoms with Crippen molar-refractivity contribution < 1.29 is 28.6 Å². The van der Waals surface area contributed by atoms with E-state index in [9.17, 15) is 28.6 Å². The standard InChI is InChI=1S/C21H21F2NO4/c1-13-10-16(23)6-7-17(13)19(26)24-9-8-18(25)21(12-24,20(27)28)11-14-2-4-15(22)5-3-14/h2-7,10,18,25H,8-9,11-12H2,1H3,(H,27,28)/t18-,21+/m0/s1. The van der Waals surface area contributed by atoms with Crippen molar-refractivity contribution in [2.45, 2.75) is 25.9 Å². The zero-order chi connectivity index (χ0) is 20.5. The summed E-state index contributed by atoms with van der Waals surface area (Å²) >= 11 is 0. The molecule has 0 aliphatic carbocycles. The van der Waals surface area contributed by atoms with E-state index in [2.05, 4.69) is 0 Å². The number of likely N-dealkylation sites (tertiary alicyclic amines) is 1. The number of carboxylic acids is 1. The number of carboxylic acid groups (broad SMARTS) is 1. The van der Waals surface area contributed by atoms with Crippen LogP contribution in [-0.4, -0.2) is 46.2 Å². The summed E-state index contributed by atoms with van der Waals surface area (Å²) in [6, 6.07) is 9.20. The first-order chi connectivity index (χ1) is 13.2. The number of halogens is 2. The van der Waals surface area contributed by atoms with Crippen molar-refractivity contribution in [2.75, 3.05) is 13.1 Å². The number of hydrogen-bond acceptors (Lipinski definition) is 3. The monoisotopic (exact) mass is 389 g/mol. The highest BCUT2D eigenvalue weighted by atomic mass is 19.1. The van der Waals surface area contributed by atoms with E-state index in [4.69, 9.17) is 0 Å². The lowest BCUT2D eigenvalue weighted by Gasteiger charge is -2.43. The fourth-order valence-corrected chi connectivity index (χ4v) is 3.72. The third-order valence-electron chi connectivity index (χ3n) is 5.35. The normalized spacial score (nSPS) is 22.1. The molecule has 0 unspecified atom stereocenters. The second-order valence-corrected chi connectivity index (χ2v) is 7.25. The van der Waals surface area contributed by atoms with Gasteiger partial charge < -0.3 is 15.1 Å². The van der Waals surface area contributed by atoms with E-state index in [1.54, 1.807) is 6.92 Å². The van der Waals surface area contributed by atoms with Gasteiger partial charge in [0, 0.05) is 18.7 Å². The van der Waals surface area contributed by atoms with E-state index >= 15 is 0 Å². The molecule has 2 atom stereocenters. The summed E-state index contributed by atoms with van der Waals surface area (Å²) in [6.45, 7) is 1.60. The Morgan fingerprint density at radius 3 is 2.39 bits per heavy atom. The number of aliphatic hydroxyl groups excluding tert-OH is 1. The van der Waals surface area contributed by atoms with Crippen molar-refractivity contribution in [3.8, 4) is 0 Å². The lowest BCUT2D eigenvalue weighted by Crippen LogP contribution is -2.58. The average Bonchev–Trinajstić information content (AvgIpc) is 2.64. The second-order valence-electron chi connectivity index (χ2n) is 7.25. The van der Waals surface area contributed by atoms with Crippen LogP contribution in [0.25, 0.3) is 0 Å². The molecule has 1 amide bonds. The molecule has 2 aromatic carbocycles. The number of piperidine rings is 1. The molecule has 0 radical (unpaired) electrons. The molecule has 0 saturated carbocycles. The summed E-state index contributed by atoms with van der Waals surface area (Å²) in [5.41, 5.74) is -0.316. The number of aryl methyl sites for hydroxylation is 1. The molecule has 5 nitrogen and oxygen atoms in total. The number of aliphatic hydroxyl groups is 1. The molecule has 1 saturated heterocycles. The number of aliphatic carboxylic acids is 1. The number of carbonyl (C=O) groups excluding carboxylic acids is 1. The SMILES string of the molecule is Cc1cc(F)ccc1C(=O)N1CC[C@H](O)[C@](Cc2ccc(F)cc2)(C(=O)O)C1. The predicted molar refractivity (Wildman–Crippen MR) is 97.8 cm³/mol. The molecule has 3 rings (SSSR count). The Bertz CT molecular complexity index is 900. The van der Waals surface area contributed by atoms with Crippen molar-refractivity contribution in [3.05, 3.63) is 70.8 Å². The molecule has 1 fully saturated rings. The predicted octanol–water partition coefficient (Wildman–Crippen LogP) is 2.79. The van der Waals surface area contributed by atoms with Crippen molar-refractivity contribution in [1.29, 1.82) is 0 Å². The molecular formula is C21H21F2NO4. The topological polar surface area (TPSA) is 77.8 Å². The van der Waals surface area contributed by atoms with Crippen molar-refractivity contribution in [2.24, 2.45) is 5.41 Å². The number of rotatable bonds is 4. The molecule has 2 aromatic rings. The summed E-state index contributed by atoms with van der Waals surface area (Å²) in [5.74, 6) is -2.54. The third-order valence-corrected chi connectivity index (χ3v) is 5.35. The van der Waals surface area contributed by atoms with Crippen LogP contribution in [0, 0.1) is 24.0 Å². The van der Waals surface area contributed by atoms with Gasteiger partial charge in [0.25, 0.3) is 5.91 Å². The minimum absolute atomic E-state index is 0.0457. The fourth-order valence-electron chi connectivity index (χ4n) is 3.72. The molecule has 1 aliphatic heterocycles. The Morgan fingerprint density at radius 1 is 1.14 bits per heavy atom. The molecular weight excluding hydrogens is 368 g/mol. The van der Waals surface area contributed by atoms with Crippen LogP contribution in [0.1, 0.15) is 27.9 Å². The van der Waals surface area contributed by atoms with Crippen molar-refractivity contribution >= 4 is 11.9 Å². The van der Waals surface area contributed by atoms with Gasteiger partial charge in [-0.25, -0.2) is 8.78 Å². The number of carbonyl (C=O) groups is 2. The molecule has 0 spiro atoms. The highest BCUT2D eigenvalue weighted by Crippen LogP contribution is 2.35. The summed E-state index contributed by atoms with van der Waals surface area (Å²) in [6.07, 6.45) is -1.11. The van der Waals surface area contributed by atoms with Gasteiger partial charge in [-0.3, -0.25) is 9.59 Å². The van der Waals surface area contributed by atoms with E-state index in [-0.39, 0.29) is 25.9 Å². The smallest absolute Gasteiger partial charge is 0.314 e. The summed E-state index contributed by atoms with van der Waals surface area (Å²) < 4.78 is 26.5. The Hall–Kier alpha value is -2.80. The molecule has 0 aromatic heterocycles. The molecule has 2 N–H and O–H groups in total. The molecule has 148 valence electrons. The van der Waals surface area contributed by atoms with Crippen molar-refractivity contribution in [3.63, 3.8) is 0 Å². The minimum Gasteiger partial charge on any atom is -0.481 e. The van der Waals surface area contributed by atoms with Gasteiger partial charge in [0.15, 0.2) is 0 Å². The summed E-state index contributed by atoms with van der Waals surface area (Å²) in [5, 5.41) is 20.4. The van der Waals surface area contributed by atoms with Crippen LogP contribution in [0.5, 0.6) is 0 Å². The summed E-state index contributed by atoms with van der Waals surface area (Å²) in [7, 11) is 0. The molecule has 1 heterocycles. The molecule has 7 heteroatoms. The highest BCUT2D eigenvalue weighted by Gasteiger charge is 2.50. The van der Waals surface area contributed by atoms with Crippen LogP contribution in [0.4, 0.5) is 8.78 Å². The Balaban J connectivity index is 1.91. The van der Waals surface area contributed by atoms with Crippen LogP contribution in [0.15, 0.2) is 42.5 Å². The highest BCUT2D eigenvalue weighted by molar-refractivity contribution is 5.96. The van der Waals surface area contributed by atoms with Crippen LogP contribution >= 0.6 is 0 Å². The van der Waals surface area contributed by atoms with Gasteiger partial charge in [-0.1, -0.05) is 12.1 Å². The van der Waals surface area contributed by atoms with Gasteiger partial charge in [-0.2, -0.15) is 0 Å². The van der Waals surface area contributed by atoms with Gasteiger partial charge in [0.2, 0.25) is 0 Å². The molecule has 1 aliphatic rings. The van der Waals surface area contributed by atoms with E-state index in [0.29, 0.717) is 16.7 Å². The zero-order valence-electron chi connectivity index (χ0n) is 15.4. The quantitative estimate of drug-likeness (QED) is 0.843. The number of hydrogen-bond donors (Lipinski definition) is 2. The maximum atomic E-state index is 13.3. The Kier molecular flexibility index (Phi) is 5.47. The maximum Gasteiger partial charge on any atom is 0.314 e. The largest absolute Gasteiger partial charge is 0.481 e. The number of nitrogens with zero attached hydrogens (tertiary/aromatic N) is 1. The lowest BCUT2D eigenvalue weighted by atomic mass is 9.72. The van der Waals surface area contributed by atoms with Gasteiger partial charge in [-0.05, 0) is 61.2 Å². The number of benzene rings is 2. The molecule has 28 heavy (non-hydrogen) atoms. The Labute approximate surface area is 161 Å². The second kappa shape index (κ2) is 7.67. The minimum atomic E-state index is -1.61. The average molecular weight is 389 g/mol. The molecule has 0 bridgehead atoms. The zero-order valence-corrected chi connectivity index (χ0v) is 15.4. The van der Waals surface area contributed by atoms with Crippen LogP contribution in [0.3, 0.4) is 0 Å². The lowest BCUT2D eigenvalue weighted by molar-refractivity contribution is -0.161. The van der Waals surface area contributed by atoms with Crippen LogP contribution < -0.4 is 0 Å². The van der Waals surface area contributed by atoms with Crippen LogP contribution in [-0.2, 0) is 11.2 Å². The summed E-state index contributed by atoms with van der Waals surface area (Å²) in [4.78, 5) is 26.5. The first kappa shape index (κ1) is 19.9. The van der Waals surface area contributed by atoms with Gasteiger partial charge in [-0.15, -0.1) is 0 Å². The number of amides is 1. The first-order valence-corrected chi connectivity index (χ1v) is 8.94. The third kappa shape index (κ3) is 3.75. The van der Waals surface area contributed by atoms with E-state index in [0.717, 1.165) is 0 Å². The van der Waals surface area contributed by atoms with Gasteiger partial charge in [0.1, 0.15) is 17.0 Å². The fraction of sp³-hybridized carbons (Fsp3) is 0.333. The van der Waals surface area contributed by atoms with Crippen LogP contribution in [0.2, 0.25) is 0 Å². The van der Waals surface area contributed by atoms with E-state index < -0.39 is 35.0 Å². The van der Waals surface area contributed by atoms with E-state index in [1.165, 1.54) is 47.4 Å². The Morgan fingerprint density at radius 2 is 1.79 bits per heavy atom. The first-order valence-electron chi connectivity index (χ1n) is 8.94. The van der Waals surface area contributed by atoms with Gasteiger partial charge >= 0.3 is 5.97 Å².